The fourth-order valence-electron chi connectivity index (χ4n) is 3.74. The molecule has 1 atom stereocenters. The molecular formula is C21H21F3N6. The van der Waals surface area contributed by atoms with E-state index in [2.05, 4.69) is 20.7 Å². The van der Waals surface area contributed by atoms with Gasteiger partial charge in [-0.3, -0.25) is 0 Å². The number of anilines is 1. The smallest absolute Gasteiger partial charge is 0.243 e. The van der Waals surface area contributed by atoms with Gasteiger partial charge in [-0.1, -0.05) is 0 Å². The normalized spacial score (nSPS) is 16.7. The van der Waals surface area contributed by atoms with Crippen LogP contribution in [0.5, 0.6) is 0 Å². The Labute approximate surface area is 171 Å². The van der Waals surface area contributed by atoms with Crippen LogP contribution in [0, 0.1) is 22.9 Å². The van der Waals surface area contributed by atoms with Gasteiger partial charge in [-0.15, -0.1) is 5.10 Å². The number of halogens is 3. The molecule has 2 heterocycles. The predicted octanol–water partition coefficient (Wildman–Crippen LogP) is 4.29. The fraction of sp³-hybridized carbons (Fsp3) is 0.286. The maximum Gasteiger partial charge on any atom is 0.243 e. The van der Waals surface area contributed by atoms with Crippen molar-refractivity contribution >= 4 is 17.8 Å². The quantitative estimate of drug-likeness (QED) is 0.415. The number of nitrogens with one attached hydrogen (secondary N) is 3. The standard InChI is InChI=1S/C21H21F3N6/c1-2-26-18-6-5-14(8-13(18)11-25)27-21-28-20-15(4-3-7-30(20)29-21)12-9-16(22)19(24)17(23)10-12/h3-4,7,9-11,14,25-26H,2,5-6,8H2,1H3,(H,27,29). The Morgan fingerprint density at radius 3 is 2.73 bits per heavy atom. The molecular weight excluding hydrogens is 393 g/mol. The van der Waals surface area contributed by atoms with Crippen LogP contribution in [0.2, 0.25) is 0 Å². The van der Waals surface area contributed by atoms with Crippen LogP contribution in [-0.2, 0) is 0 Å². The fourth-order valence-corrected chi connectivity index (χ4v) is 3.74. The first-order chi connectivity index (χ1) is 14.5. The molecule has 0 radical (unpaired) electrons. The largest absolute Gasteiger partial charge is 0.388 e. The van der Waals surface area contributed by atoms with Crippen molar-refractivity contribution in [3.63, 3.8) is 0 Å². The minimum Gasteiger partial charge on any atom is -0.388 e. The van der Waals surface area contributed by atoms with E-state index in [1.807, 2.05) is 6.92 Å². The van der Waals surface area contributed by atoms with Crippen molar-refractivity contribution in [2.75, 3.05) is 11.9 Å². The minimum atomic E-state index is -1.50. The lowest BCUT2D eigenvalue weighted by molar-refractivity contribution is 0.448. The molecule has 6 nitrogen and oxygen atoms in total. The molecule has 2 aromatic heterocycles. The van der Waals surface area contributed by atoms with E-state index in [4.69, 9.17) is 5.41 Å². The second kappa shape index (κ2) is 8.17. The molecule has 0 bridgehead atoms. The maximum atomic E-state index is 13.7. The molecule has 1 aromatic carbocycles. The van der Waals surface area contributed by atoms with Crippen molar-refractivity contribution < 1.29 is 13.2 Å². The molecule has 1 aliphatic carbocycles. The second-order valence-corrected chi connectivity index (χ2v) is 7.14. The molecule has 156 valence electrons. The molecule has 0 aliphatic heterocycles. The van der Waals surface area contributed by atoms with Crippen LogP contribution in [0.4, 0.5) is 19.1 Å². The van der Waals surface area contributed by atoms with Gasteiger partial charge in [-0.25, -0.2) is 17.7 Å². The third-order valence-electron chi connectivity index (χ3n) is 5.15. The molecule has 4 rings (SSSR count). The van der Waals surface area contributed by atoms with E-state index in [0.29, 0.717) is 23.6 Å². The van der Waals surface area contributed by atoms with Crippen LogP contribution in [0.3, 0.4) is 0 Å². The molecule has 0 fully saturated rings. The zero-order valence-corrected chi connectivity index (χ0v) is 16.3. The summed E-state index contributed by atoms with van der Waals surface area (Å²) in [7, 11) is 0. The van der Waals surface area contributed by atoms with Gasteiger partial charge in [0.25, 0.3) is 0 Å². The van der Waals surface area contributed by atoms with Gasteiger partial charge in [-0.05, 0) is 61.6 Å². The summed E-state index contributed by atoms with van der Waals surface area (Å²) in [6, 6.07) is 5.28. The third-order valence-corrected chi connectivity index (χ3v) is 5.15. The third kappa shape index (κ3) is 3.74. The Morgan fingerprint density at radius 2 is 2.03 bits per heavy atom. The van der Waals surface area contributed by atoms with Crippen molar-refractivity contribution in [2.24, 2.45) is 0 Å². The Kier molecular flexibility index (Phi) is 5.43. The van der Waals surface area contributed by atoms with Gasteiger partial charge in [0.05, 0.1) is 0 Å². The highest BCUT2D eigenvalue weighted by Gasteiger charge is 2.22. The number of fused-ring (bicyclic) bond motifs is 1. The van der Waals surface area contributed by atoms with Crippen LogP contribution in [0.25, 0.3) is 16.8 Å². The predicted molar refractivity (Wildman–Crippen MR) is 109 cm³/mol. The molecule has 3 aromatic rings. The summed E-state index contributed by atoms with van der Waals surface area (Å²) in [5, 5.41) is 18.7. The molecule has 0 amide bonds. The zero-order chi connectivity index (χ0) is 21.3. The highest BCUT2D eigenvalue weighted by Crippen LogP contribution is 2.28. The SMILES string of the molecule is CCNC1=C(C=N)CC(Nc2nc3c(-c4cc(F)c(F)c(F)c4)cccn3n2)CC1. The average Bonchev–Trinajstić information content (AvgIpc) is 3.15. The molecule has 9 heteroatoms. The summed E-state index contributed by atoms with van der Waals surface area (Å²) in [6.45, 7) is 2.84. The van der Waals surface area contributed by atoms with Crippen molar-refractivity contribution in [1.29, 1.82) is 5.41 Å². The minimum absolute atomic E-state index is 0.0607. The van der Waals surface area contributed by atoms with Crippen LogP contribution >= 0.6 is 0 Å². The van der Waals surface area contributed by atoms with Gasteiger partial charge in [0.2, 0.25) is 5.95 Å². The van der Waals surface area contributed by atoms with E-state index in [1.165, 1.54) is 10.7 Å². The highest BCUT2D eigenvalue weighted by atomic mass is 19.2. The number of aromatic nitrogens is 3. The van der Waals surface area contributed by atoms with Crippen LogP contribution in [0.15, 0.2) is 41.7 Å². The van der Waals surface area contributed by atoms with Gasteiger partial charge in [-0.2, -0.15) is 4.98 Å². The Balaban J connectivity index is 1.63. The number of allylic oxidation sites excluding steroid dienone is 1. The molecule has 0 spiro atoms. The molecule has 0 saturated carbocycles. The maximum absolute atomic E-state index is 13.7. The van der Waals surface area contributed by atoms with E-state index in [1.54, 1.807) is 18.3 Å². The lowest BCUT2D eigenvalue weighted by Crippen LogP contribution is -2.29. The summed E-state index contributed by atoms with van der Waals surface area (Å²) in [6.07, 6.45) is 5.40. The van der Waals surface area contributed by atoms with Crippen LogP contribution in [0.1, 0.15) is 26.2 Å². The number of benzene rings is 1. The monoisotopic (exact) mass is 414 g/mol. The number of pyridine rings is 1. The Hall–Kier alpha value is -3.36. The highest BCUT2D eigenvalue weighted by molar-refractivity contribution is 5.78. The Morgan fingerprint density at radius 1 is 1.27 bits per heavy atom. The summed E-state index contributed by atoms with van der Waals surface area (Å²) < 4.78 is 42.2. The van der Waals surface area contributed by atoms with E-state index in [9.17, 15) is 13.2 Å². The van der Waals surface area contributed by atoms with Crippen molar-refractivity contribution in [3.05, 3.63) is 59.2 Å². The molecule has 3 N–H and O–H groups in total. The molecule has 1 unspecified atom stereocenters. The van der Waals surface area contributed by atoms with Crippen LogP contribution in [-0.4, -0.2) is 33.4 Å². The first kappa shape index (κ1) is 19.9. The summed E-state index contributed by atoms with van der Waals surface area (Å²) in [5.74, 6) is -3.63. The molecule has 0 saturated heterocycles. The van der Waals surface area contributed by atoms with Gasteiger partial charge in [0.1, 0.15) is 0 Å². The van der Waals surface area contributed by atoms with Crippen molar-refractivity contribution in [2.45, 2.75) is 32.2 Å². The molecule has 30 heavy (non-hydrogen) atoms. The first-order valence-corrected chi connectivity index (χ1v) is 9.73. The van der Waals surface area contributed by atoms with Gasteiger partial charge >= 0.3 is 0 Å². The zero-order valence-electron chi connectivity index (χ0n) is 16.3. The first-order valence-electron chi connectivity index (χ1n) is 9.73. The lowest BCUT2D eigenvalue weighted by Gasteiger charge is -2.26. The number of nitrogens with zero attached hydrogens (tertiary/aromatic N) is 3. The van der Waals surface area contributed by atoms with E-state index < -0.39 is 17.5 Å². The van der Waals surface area contributed by atoms with E-state index in [0.717, 1.165) is 42.8 Å². The second-order valence-electron chi connectivity index (χ2n) is 7.14. The summed E-state index contributed by atoms with van der Waals surface area (Å²) in [5.41, 5.74) is 3.06. The van der Waals surface area contributed by atoms with Crippen LogP contribution < -0.4 is 10.6 Å². The summed E-state index contributed by atoms with van der Waals surface area (Å²) >= 11 is 0. The summed E-state index contributed by atoms with van der Waals surface area (Å²) in [4.78, 5) is 4.48. The Bertz CT molecular complexity index is 1110. The molecule has 1 aliphatic rings. The van der Waals surface area contributed by atoms with E-state index in [-0.39, 0.29) is 11.6 Å². The van der Waals surface area contributed by atoms with Gasteiger partial charge in [0.15, 0.2) is 23.1 Å². The van der Waals surface area contributed by atoms with Crippen molar-refractivity contribution in [1.82, 2.24) is 19.9 Å². The van der Waals surface area contributed by atoms with Gasteiger partial charge < -0.3 is 16.0 Å². The topological polar surface area (TPSA) is 78.1 Å². The number of rotatable bonds is 6. The van der Waals surface area contributed by atoms with Gasteiger partial charge in [0, 0.05) is 36.3 Å². The van der Waals surface area contributed by atoms with Crippen molar-refractivity contribution in [3.8, 4) is 11.1 Å². The lowest BCUT2D eigenvalue weighted by atomic mass is 9.92. The van der Waals surface area contributed by atoms with E-state index >= 15 is 0 Å². The number of hydrogen-bond acceptors (Lipinski definition) is 5. The average molecular weight is 414 g/mol. The number of hydrogen-bond donors (Lipinski definition) is 3.